The third-order valence-corrected chi connectivity index (χ3v) is 3.20. The maximum absolute atomic E-state index is 9.21. The van der Waals surface area contributed by atoms with Gasteiger partial charge in [0.2, 0.25) is 0 Å². The summed E-state index contributed by atoms with van der Waals surface area (Å²) in [6, 6.07) is 11.8. The molecule has 0 heterocycles. The molecule has 0 bridgehead atoms. The summed E-state index contributed by atoms with van der Waals surface area (Å²) in [7, 11) is 3.30. The molecule has 100 valence electrons. The quantitative estimate of drug-likeness (QED) is 0.915. The lowest BCUT2D eigenvalue weighted by Crippen LogP contribution is -1.94. The average Bonchev–Trinajstić information content (AvgIpc) is 2.47. The van der Waals surface area contributed by atoms with Gasteiger partial charge in [-0.3, -0.25) is 0 Å². The Hall–Kier alpha value is -2.00. The van der Waals surface area contributed by atoms with Crippen LogP contribution in [0.4, 0.5) is 0 Å². The summed E-state index contributed by atoms with van der Waals surface area (Å²) in [4.78, 5) is 0. The van der Waals surface area contributed by atoms with Crippen LogP contribution in [0.3, 0.4) is 0 Å². The van der Waals surface area contributed by atoms with E-state index in [1.165, 1.54) is 0 Å². The van der Waals surface area contributed by atoms with Gasteiger partial charge >= 0.3 is 0 Å². The van der Waals surface area contributed by atoms with Crippen molar-refractivity contribution >= 4 is 0 Å². The molecular formula is C16H18O3. The van der Waals surface area contributed by atoms with E-state index in [1.54, 1.807) is 14.2 Å². The monoisotopic (exact) mass is 258 g/mol. The minimum atomic E-state index is 0.0357. The van der Waals surface area contributed by atoms with Crippen molar-refractivity contribution < 1.29 is 14.6 Å². The van der Waals surface area contributed by atoms with Crippen molar-refractivity contribution in [3.63, 3.8) is 0 Å². The summed E-state index contributed by atoms with van der Waals surface area (Å²) >= 11 is 0. The second-order valence-corrected chi connectivity index (χ2v) is 4.36. The summed E-state index contributed by atoms with van der Waals surface area (Å²) in [5.41, 5.74) is 3.90. The zero-order chi connectivity index (χ0) is 13.8. The molecule has 1 N–H and O–H groups in total. The third-order valence-electron chi connectivity index (χ3n) is 3.20. The summed E-state index contributed by atoms with van der Waals surface area (Å²) in [5, 5.41) is 9.21. The highest BCUT2D eigenvalue weighted by atomic mass is 16.5. The number of aliphatic hydroxyl groups is 1. The molecule has 0 aliphatic carbocycles. The predicted molar refractivity (Wildman–Crippen MR) is 75.6 cm³/mol. The lowest BCUT2D eigenvalue weighted by atomic mass is 10.0. The van der Waals surface area contributed by atoms with Gasteiger partial charge in [-0.15, -0.1) is 0 Å². The molecule has 2 aromatic rings. The second-order valence-electron chi connectivity index (χ2n) is 4.36. The van der Waals surface area contributed by atoms with Gasteiger partial charge in [0.15, 0.2) is 0 Å². The fourth-order valence-electron chi connectivity index (χ4n) is 2.10. The van der Waals surface area contributed by atoms with Gasteiger partial charge in [-0.1, -0.05) is 18.2 Å². The van der Waals surface area contributed by atoms with Crippen LogP contribution < -0.4 is 9.47 Å². The minimum Gasteiger partial charge on any atom is -0.496 e. The number of ether oxygens (including phenoxy) is 2. The van der Waals surface area contributed by atoms with E-state index >= 15 is 0 Å². The number of benzene rings is 2. The zero-order valence-electron chi connectivity index (χ0n) is 11.4. The molecule has 0 saturated carbocycles. The highest BCUT2D eigenvalue weighted by Gasteiger charge is 2.09. The van der Waals surface area contributed by atoms with Gasteiger partial charge in [0.1, 0.15) is 11.5 Å². The normalized spacial score (nSPS) is 10.3. The standard InChI is InChI=1S/C16H18O3/c1-11-15(18-2)8-14(9-16(11)19-3)13-6-4-5-12(7-13)10-17/h4-9,17H,10H2,1-3H3. The number of methoxy groups -OCH3 is 2. The van der Waals surface area contributed by atoms with Gasteiger partial charge in [-0.25, -0.2) is 0 Å². The molecule has 0 radical (unpaired) electrons. The molecule has 0 aliphatic rings. The van der Waals surface area contributed by atoms with Gasteiger partial charge in [0, 0.05) is 5.56 Å². The summed E-state index contributed by atoms with van der Waals surface area (Å²) in [6.45, 7) is 2.00. The topological polar surface area (TPSA) is 38.7 Å². The fourth-order valence-corrected chi connectivity index (χ4v) is 2.10. The van der Waals surface area contributed by atoms with Gasteiger partial charge in [-0.2, -0.15) is 0 Å². The maximum atomic E-state index is 9.21. The Balaban J connectivity index is 2.55. The van der Waals surface area contributed by atoms with Gasteiger partial charge in [0.05, 0.1) is 20.8 Å². The van der Waals surface area contributed by atoms with Crippen LogP contribution >= 0.6 is 0 Å². The first-order valence-electron chi connectivity index (χ1n) is 6.12. The molecule has 19 heavy (non-hydrogen) atoms. The van der Waals surface area contributed by atoms with Crippen LogP contribution in [-0.2, 0) is 6.61 Å². The highest BCUT2D eigenvalue weighted by molar-refractivity contribution is 5.69. The molecule has 2 rings (SSSR count). The Morgan fingerprint density at radius 3 is 2.11 bits per heavy atom. The smallest absolute Gasteiger partial charge is 0.126 e. The summed E-state index contributed by atoms with van der Waals surface area (Å²) < 4.78 is 10.8. The number of rotatable bonds is 4. The first-order valence-corrected chi connectivity index (χ1v) is 6.12. The molecular weight excluding hydrogens is 240 g/mol. The summed E-state index contributed by atoms with van der Waals surface area (Å²) in [5.74, 6) is 1.59. The maximum Gasteiger partial charge on any atom is 0.126 e. The van der Waals surface area contributed by atoms with E-state index in [-0.39, 0.29) is 6.61 Å². The highest BCUT2D eigenvalue weighted by Crippen LogP contribution is 2.34. The Bertz CT molecular complexity index is 551. The number of hydrogen-bond acceptors (Lipinski definition) is 3. The Kier molecular flexibility index (Phi) is 4.07. The van der Waals surface area contributed by atoms with Crippen molar-refractivity contribution in [2.75, 3.05) is 14.2 Å². The minimum absolute atomic E-state index is 0.0357. The van der Waals surface area contributed by atoms with Crippen LogP contribution in [0.25, 0.3) is 11.1 Å². The van der Waals surface area contributed by atoms with Crippen LogP contribution in [0.5, 0.6) is 11.5 Å². The van der Waals surface area contributed by atoms with Crippen LogP contribution in [-0.4, -0.2) is 19.3 Å². The van der Waals surface area contributed by atoms with E-state index in [1.807, 2.05) is 43.3 Å². The predicted octanol–water partition coefficient (Wildman–Crippen LogP) is 3.17. The number of aliphatic hydroxyl groups excluding tert-OH is 1. The molecule has 0 aliphatic heterocycles. The first kappa shape index (κ1) is 13.4. The lowest BCUT2D eigenvalue weighted by molar-refractivity contribution is 0.282. The molecule has 0 atom stereocenters. The molecule has 3 heteroatoms. The fraction of sp³-hybridized carbons (Fsp3) is 0.250. The summed E-state index contributed by atoms with van der Waals surface area (Å²) in [6.07, 6.45) is 0. The molecule has 0 aromatic heterocycles. The van der Waals surface area contributed by atoms with Crippen LogP contribution in [0, 0.1) is 6.92 Å². The van der Waals surface area contributed by atoms with E-state index in [9.17, 15) is 5.11 Å². The van der Waals surface area contributed by atoms with E-state index in [4.69, 9.17) is 9.47 Å². The lowest BCUT2D eigenvalue weighted by Gasteiger charge is -2.13. The van der Waals surface area contributed by atoms with Crippen LogP contribution in [0.2, 0.25) is 0 Å². The Labute approximate surface area is 113 Å². The molecule has 0 fully saturated rings. The molecule has 2 aromatic carbocycles. The van der Waals surface area contributed by atoms with Gasteiger partial charge in [-0.05, 0) is 41.8 Å². The Morgan fingerprint density at radius 1 is 0.947 bits per heavy atom. The van der Waals surface area contributed by atoms with Crippen molar-refractivity contribution in [3.8, 4) is 22.6 Å². The van der Waals surface area contributed by atoms with Crippen molar-refractivity contribution in [3.05, 3.63) is 47.5 Å². The molecule has 0 saturated heterocycles. The van der Waals surface area contributed by atoms with E-state index in [0.29, 0.717) is 0 Å². The number of hydrogen-bond donors (Lipinski definition) is 1. The van der Waals surface area contributed by atoms with E-state index < -0.39 is 0 Å². The van der Waals surface area contributed by atoms with E-state index in [2.05, 4.69) is 0 Å². The van der Waals surface area contributed by atoms with Crippen molar-refractivity contribution in [2.24, 2.45) is 0 Å². The van der Waals surface area contributed by atoms with E-state index in [0.717, 1.165) is 33.8 Å². The van der Waals surface area contributed by atoms with Gasteiger partial charge in [0.25, 0.3) is 0 Å². The van der Waals surface area contributed by atoms with Crippen molar-refractivity contribution in [1.82, 2.24) is 0 Å². The Morgan fingerprint density at radius 2 is 1.58 bits per heavy atom. The molecule has 3 nitrogen and oxygen atoms in total. The van der Waals surface area contributed by atoms with Gasteiger partial charge < -0.3 is 14.6 Å². The average molecular weight is 258 g/mol. The molecule has 0 amide bonds. The molecule has 0 unspecified atom stereocenters. The zero-order valence-corrected chi connectivity index (χ0v) is 11.4. The van der Waals surface area contributed by atoms with Crippen molar-refractivity contribution in [1.29, 1.82) is 0 Å². The van der Waals surface area contributed by atoms with Crippen LogP contribution in [0.15, 0.2) is 36.4 Å². The third kappa shape index (κ3) is 2.71. The largest absolute Gasteiger partial charge is 0.496 e. The van der Waals surface area contributed by atoms with Crippen molar-refractivity contribution in [2.45, 2.75) is 13.5 Å². The molecule has 0 spiro atoms. The second kappa shape index (κ2) is 5.76. The van der Waals surface area contributed by atoms with Crippen LogP contribution in [0.1, 0.15) is 11.1 Å². The SMILES string of the molecule is COc1cc(-c2cccc(CO)c2)cc(OC)c1C. The first-order chi connectivity index (χ1) is 9.19.